The number of hydrogen-bond acceptors (Lipinski definition) is 8. The molecule has 3 N–H and O–H groups in total. The number of nitrogens with zero attached hydrogens (tertiary/aromatic N) is 2. The quantitative estimate of drug-likeness (QED) is 0.262. The molecule has 3 aromatic rings. The third-order valence-electron chi connectivity index (χ3n) is 4.42. The maximum absolute atomic E-state index is 11.4. The summed E-state index contributed by atoms with van der Waals surface area (Å²) >= 11 is 6.14. The van der Waals surface area contributed by atoms with Crippen LogP contribution in [0.15, 0.2) is 70.7 Å². The summed E-state index contributed by atoms with van der Waals surface area (Å²) in [5.41, 5.74) is 3.49. The van der Waals surface area contributed by atoms with Gasteiger partial charge in [0.15, 0.2) is 11.5 Å². The predicted molar refractivity (Wildman–Crippen MR) is 124 cm³/mol. The fraction of sp³-hybridized carbons (Fsp3) is 0.0952. The van der Waals surface area contributed by atoms with Gasteiger partial charge in [-0.2, -0.15) is 5.10 Å². The second-order valence-electron chi connectivity index (χ2n) is 6.64. The number of hydrazone groups is 1. The second-order valence-corrected chi connectivity index (χ2v) is 8.61. The molecule has 10 nitrogen and oxygen atoms in total. The first-order valence-electron chi connectivity index (χ1n) is 9.33. The number of ether oxygens (including phenoxy) is 2. The monoisotopic (exact) mass is 490 g/mol. The minimum Gasteiger partial charge on any atom is -0.493 e. The van der Waals surface area contributed by atoms with E-state index in [2.05, 4.69) is 10.5 Å². The van der Waals surface area contributed by atoms with Gasteiger partial charge in [0.2, 0.25) is 10.0 Å². The summed E-state index contributed by atoms with van der Waals surface area (Å²) in [6, 6.07) is 15.6. The van der Waals surface area contributed by atoms with Gasteiger partial charge in [-0.15, -0.1) is 0 Å². The number of primary sulfonamides is 1. The molecule has 0 fully saturated rings. The minimum atomic E-state index is -4.08. The van der Waals surface area contributed by atoms with E-state index in [0.29, 0.717) is 22.1 Å². The standard InChI is InChI=1S/C21H19ClN4O6S/c1-31-21-10-14(6-9-20(21)32-13-15-4-2-3-5-17(15)22)12-24-25-18-8-7-16(33(23,29)30)11-19(18)26(27)28/h2-12,25H,13H2,1H3,(H2,23,29,30)/b24-12-. The van der Waals surface area contributed by atoms with Gasteiger partial charge in [0.05, 0.1) is 23.1 Å². The molecule has 0 heterocycles. The summed E-state index contributed by atoms with van der Waals surface area (Å²) in [6.45, 7) is 0.253. The van der Waals surface area contributed by atoms with E-state index < -0.39 is 20.6 Å². The fourth-order valence-electron chi connectivity index (χ4n) is 2.77. The Morgan fingerprint density at radius 1 is 1.15 bits per heavy atom. The third kappa shape index (κ3) is 6.19. The molecule has 0 unspecified atom stereocenters. The van der Waals surface area contributed by atoms with Crippen molar-refractivity contribution in [3.05, 3.63) is 86.9 Å². The van der Waals surface area contributed by atoms with Crippen molar-refractivity contribution < 1.29 is 22.8 Å². The van der Waals surface area contributed by atoms with Crippen LogP contribution in [0.5, 0.6) is 11.5 Å². The highest BCUT2D eigenvalue weighted by molar-refractivity contribution is 7.89. The van der Waals surface area contributed by atoms with Crippen LogP contribution in [0.25, 0.3) is 0 Å². The molecule has 0 radical (unpaired) electrons. The lowest BCUT2D eigenvalue weighted by Crippen LogP contribution is -2.12. The summed E-state index contributed by atoms with van der Waals surface area (Å²) in [4.78, 5) is 10.2. The normalized spacial score (nSPS) is 11.4. The average Bonchev–Trinajstić information content (AvgIpc) is 2.78. The Bertz CT molecular complexity index is 1310. The Morgan fingerprint density at radius 2 is 1.91 bits per heavy atom. The lowest BCUT2D eigenvalue weighted by atomic mass is 10.2. The van der Waals surface area contributed by atoms with Crippen molar-refractivity contribution in [1.82, 2.24) is 0 Å². The average molecular weight is 491 g/mol. The first kappa shape index (κ1) is 24.0. The zero-order chi connectivity index (χ0) is 24.0. The molecule has 0 aromatic heterocycles. The number of sulfonamides is 1. The molecule has 0 saturated heterocycles. The van der Waals surface area contributed by atoms with Crippen LogP contribution in [0.1, 0.15) is 11.1 Å². The Kier molecular flexibility index (Phi) is 7.48. The van der Waals surface area contributed by atoms with Gasteiger partial charge in [-0.05, 0) is 42.0 Å². The molecule has 0 aliphatic rings. The number of rotatable bonds is 9. The highest BCUT2D eigenvalue weighted by Gasteiger charge is 2.18. The first-order valence-corrected chi connectivity index (χ1v) is 11.3. The predicted octanol–water partition coefficient (Wildman–Crippen LogP) is 3.93. The van der Waals surface area contributed by atoms with Crippen molar-refractivity contribution in [1.29, 1.82) is 0 Å². The van der Waals surface area contributed by atoms with E-state index >= 15 is 0 Å². The van der Waals surface area contributed by atoms with Crippen LogP contribution < -0.4 is 20.0 Å². The molecule has 0 atom stereocenters. The van der Waals surface area contributed by atoms with Gasteiger partial charge in [0.25, 0.3) is 5.69 Å². The van der Waals surface area contributed by atoms with Crippen LogP contribution in [0.2, 0.25) is 5.02 Å². The summed E-state index contributed by atoms with van der Waals surface area (Å²) < 4.78 is 34.0. The number of nitro groups is 1. The minimum absolute atomic E-state index is 0.00434. The van der Waals surface area contributed by atoms with Crippen LogP contribution in [0.4, 0.5) is 11.4 Å². The summed E-state index contributed by atoms with van der Waals surface area (Å²) in [5, 5.41) is 20.9. The van der Waals surface area contributed by atoms with Gasteiger partial charge in [-0.25, -0.2) is 13.6 Å². The molecule has 0 aliphatic heterocycles. The van der Waals surface area contributed by atoms with Crippen LogP contribution in [-0.4, -0.2) is 26.7 Å². The largest absolute Gasteiger partial charge is 0.493 e. The fourth-order valence-corrected chi connectivity index (χ4v) is 3.49. The molecule has 172 valence electrons. The Hall–Kier alpha value is -3.67. The van der Waals surface area contributed by atoms with Gasteiger partial charge in [-0.1, -0.05) is 29.8 Å². The van der Waals surface area contributed by atoms with Crippen LogP contribution >= 0.6 is 11.6 Å². The van der Waals surface area contributed by atoms with Crippen molar-refractivity contribution in [3.8, 4) is 11.5 Å². The van der Waals surface area contributed by atoms with Crippen molar-refractivity contribution in [2.24, 2.45) is 10.2 Å². The van der Waals surface area contributed by atoms with Gasteiger partial charge in [-0.3, -0.25) is 15.5 Å². The molecule has 12 heteroatoms. The molecule has 0 bridgehead atoms. The Labute approximate surface area is 194 Å². The SMILES string of the molecule is COc1cc(/C=N\Nc2ccc(S(N)(=O)=O)cc2[N+](=O)[O-])ccc1OCc1ccccc1Cl. The van der Waals surface area contributed by atoms with E-state index in [1.54, 1.807) is 24.3 Å². The molecule has 33 heavy (non-hydrogen) atoms. The molecule has 3 aromatic carbocycles. The number of halogens is 1. The van der Waals surface area contributed by atoms with E-state index in [0.717, 1.165) is 17.7 Å². The number of benzene rings is 3. The molecule has 0 saturated carbocycles. The van der Waals surface area contributed by atoms with Crippen molar-refractivity contribution in [3.63, 3.8) is 0 Å². The number of nitro benzene ring substituents is 1. The molecular weight excluding hydrogens is 472 g/mol. The van der Waals surface area contributed by atoms with Crippen molar-refractivity contribution in [2.75, 3.05) is 12.5 Å². The number of hydrogen-bond donors (Lipinski definition) is 2. The number of nitrogens with one attached hydrogen (secondary N) is 1. The Morgan fingerprint density at radius 3 is 2.58 bits per heavy atom. The molecular formula is C21H19ClN4O6S. The van der Waals surface area contributed by atoms with E-state index in [9.17, 15) is 18.5 Å². The number of anilines is 1. The summed E-state index contributed by atoms with van der Waals surface area (Å²) in [6.07, 6.45) is 1.41. The van der Waals surface area contributed by atoms with Crippen LogP contribution in [0, 0.1) is 10.1 Å². The molecule has 0 spiro atoms. The highest BCUT2D eigenvalue weighted by Crippen LogP contribution is 2.30. The van der Waals surface area contributed by atoms with Gasteiger partial charge < -0.3 is 9.47 Å². The van der Waals surface area contributed by atoms with E-state index in [1.807, 2.05) is 18.2 Å². The number of nitrogens with two attached hydrogens (primary N) is 1. The maximum atomic E-state index is 11.4. The van der Waals surface area contributed by atoms with Crippen LogP contribution in [0.3, 0.4) is 0 Å². The Balaban J connectivity index is 1.74. The van der Waals surface area contributed by atoms with Crippen LogP contribution in [-0.2, 0) is 16.6 Å². The number of methoxy groups -OCH3 is 1. The highest BCUT2D eigenvalue weighted by atomic mass is 35.5. The lowest BCUT2D eigenvalue weighted by molar-refractivity contribution is -0.384. The maximum Gasteiger partial charge on any atom is 0.295 e. The van der Waals surface area contributed by atoms with E-state index in [-0.39, 0.29) is 17.2 Å². The topological polar surface area (TPSA) is 146 Å². The molecule has 3 rings (SSSR count). The second kappa shape index (κ2) is 10.3. The lowest BCUT2D eigenvalue weighted by Gasteiger charge is -2.12. The summed E-state index contributed by atoms with van der Waals surface area (Å²) in [7, 11) is -2.59. The van der Waals surface area contributed by atoms with Gasteiger partial charge in [0.1, 0.15) is 12.3 Å². The molecule has 0 aliphatic carbocycles. The smallest absolute Gasteiger partial charge is 0.295 e. The summed E-state index contributed by atoms with van der Waals surface area (Å²) in [5.74, 6) is 0.950. The van der Waals surface area contributed by atoms with Gasteiger partial charge >= 0.3 is 0 Å². The van der Waals surface area contributed by atoms with Crippen molar-refractivity contribution in [2.45, 2.75) is 11.5 Å². The van der Waals surface area contributed by atoms with E-state index in [4.69, 9.17) is 26.2 Å². The van der Waals surface area contributed by atoms with Gasteiger partial charge in [0, 0.05) is 16.7 Å². The van der Waals surface area contributed by atoms with Crippen molar-refractivity contribution >= 4 is 39.2 Å². The zero-order valence-electron chi connectivity index (χ0n) is 17.3. The zero-order valence-corrected chi connectivity index (χ0v) is 18.8. The van der Waals surface area contributed by atoms with E-state index in [1.165, 1.54) is 19.4 Å². The third-order valence-corrected chi connectivity index (χ3v) is 5.70. The molecule has 0 amide bonds. The first-order chi connectivity index (χ1) is 15.7.